The molecule has 1 saturated heterocycles. The summed E-state index contributed by atoms with van der Waals surface area (Å²) in [5, 5.41) is 20.6. The number of para-hydroxylation sites is 1. The van der Waals surface area contributed by atoms with Gasteiger partial charge in [0.05, 0.1) is 10.5 Å². The first-order valence-corrected chi connectivity index (χ1v) is 7.10. The zero-order chi connectivity index (χ0) is 13.8. The van der Waals surface area contributed by atoms with Gasteiger partial charge in [0.15, 0.2) is 0 Å². The number of rotatable bonds is 2. The molecule has 1 heterocycles. The van der Waals surface area contributed by atoms with Crippen molar-refractivity contribution in [1.29, 1.82) is 0 Å². The van der Waals surface area contributed by atoms with Crippen molar-refractivity contribution in [3.63, 3.8) is 0 Å². The molecule has 0 atom stereocenters. The van der Waals surface area contributed by atoms with Crippen LogP contribution in [-0.2, 0) is 0 Å². The summed E-state index contributed by atoms with van der Waals surface area (Å²) in [5.41, 5.74) is -0.434. The number of nitrogens with zero attached hydrogens (tertiary/aromatic N) is 2. The van der Waals surface area contributed by atoms with Crippen LogP contribution in [0.2, 0.25) is 0 Å². The van der Waals surface area contributed by atoms with E-state index in [0.29, 0.717) is 13.1 Å². The van der Waals surface area contributed by atoms with E-state index in [1.54, 1.807) is 16.7 Å². The van der Waals surface area contributed by atoms with Crippen molar-refractivity contribution in [3.05, 3.63) is 33.9 Å². The van der Waals surface area contributed by atoms with E-state index in [1.165, 1.54) is 18.2 Å². The second kappa shape index (κ2) is 5.92. The minimum Gasteiger partial charge on any atom is -0.502 e. The molecule has 1 aliphatic heterocycles. The fourth-order valence-corrected chi connectivity index (χ4v) is 2.86. The number of carbonyl (C=O) groups is 1. The molecule has 0 unspecified atom stereocenters. The standard InChI is InChI=1S/C12H14N2O4S/c15-11-9(3-1-4-10(11)14(17)18)12(16)13-5-2-7-19-8-6-13/h1,3-4,15H,2,5-8H2. The van der Waals surface area contributed by atoms with Gasteiger partial charge < -0.3 is 10.0 Å². The Morgan fingerprint density at radius 1 is 1.37 bits per heavy atom. The maximum Gasteiger partial charge on any atom is 0.311 e. The molecule has 0 spiro atoms. The lowest BCUT2D eigenvalue weighted by Crippen LogP contribution is -2.33. The third-order valence-corrected chi connectivity index (χ3v) is 4.00. The Kier molecular flexibility index (Phi) is 4.26. The van der Waals surface area contributed by atoms with Gasteiger partial charge in [-0.2, -0.15) is 11.8 Å². The van der Waals surface area contributed by atoms with Gasteiger partial charge in [-0.05, 0) is 18.2 Å². The van der Waals surface area contributed by atoms with Gasteiger partial charge >= 0.3 is 5.69 Å². The molecule has 1 aliphatic rings. The smallest absolute Gasteiger partial charge is 0.311 e. The van der Waals surface area contributed by atoms with Crippen molar-refractivity contribution in [2.24, 2.45) is 0 Å². The number of thioether (sulfide) groups is 1. The third kappa shape index (κ3) is 2.98. The second-order valence-electron chi connectivity index (χ2n) is 4.19. The average molecular weight is 282 g/mol. The van der Waals surface area contributed by atoms with Crippen LogP contribution in [0.4, 0.5) is 5.69 Å². The summed E-state index contributed by atoms with van der Waals surface area (Å²) in [4.78, 5) is 24.0. The molecule has 1 fully saturated rings. The fraction of sp³-hybridized carbons (Fsp3) is 0.417. The molecule has 1 aromatic rings. The second-order valence-corrected chi connectivity index (χ2v) is 5.41. The van der Waals surface area contributed by atoms with Crippen LogP contribution < -0.4 is 0 Å². The van der Waals surface area contributed by atoms with Crippen molar-refractivity contribution in [2.45, 2.75) is 6.42 Å². The number of phenolic OH excluding ortho intramolecular Hbond substituents is 1. The van der Waals surface area contributed by atoms with Gasteiger partial charge in [-0.15, -0.1) is 0 Å². The average Bonchev–Trinajstić information content (AvgIpc) is 2.66. The normalized spacial score (nSPS) is 15.9. The summed E-state index contributed by atoms with van der Waals surface area (Å²) in [6, 6.07) is 4.02. The molecule has 0 aliphatic carbocycles. The summed E-state index contributed by atoms with van der Waals surface area (Å²) in [7, 11) is 0. The zero-order valence-electron chi connectivity index (χ0n) is 10.2. The maximum absolute atomic E-state index is 12.3. The van der Waals surface area contributed by atoms with Crippen molar-refractivity contribution < 1.29 is 14.8 Å². The van der Waals surface area contributed by atoms with E-state index in [2.05, 4.69) is 0 Å². The Bertz CT molecular complexity index is 499. The SMILES string of the molecule is O=C(c1cccc([N+](=O)[O-])c1O)N1CCCSCC1. The number of carbonyl (C=O) groups excluding carboxylic acids is 1. The highest BCUT2D eigenvalue weighted by Gasteiger charge is 2.25. The van der Waals surface area contributed by atoms with E-state index in [-0.39, 0.29) is 11.5 Å². The molecular formula is C12H14N2O4S. The lowest BCUT2D eigenvalue weighted by atomic mass is 10.1. The number of aromatic hydroxyl groups is 1. The van der Waals surface area contributed by atoms with E-state index in [9.17, 15) is 20.0 Å². The maximum atomic E-state index is 12.3. The monoisotopic (exact) mass is 282 g/mol. The molecule has 0 radical (unpaired) electrons. The Morgan fingerprint density at radius 3 is 2.89 bits per heavy atom. The van der Waals surface area contributed by atoms with E-state index >= 15 is 0 Å². The number of amides is 1. The van der Waals surface area contributed by atoms with Gasteiger partial charge in [0.25, 0.3) is 5.91 Å². The van der Waals surface area contributed by atoms with Crippen LogP contribution in [0.15, 0.2) is 18.2 Å². The predicted molar refractivity (Wildman–Crippen MR) is 72.6 cm³/mol. The van der Waals surface area contributed by atoms with Crippen molar-refractivity contribution in [2.75, 3.05) is 24.6 Å². The molecule has 7 heteroatoms. The van der Waals surface area contributed by atoms with Gasteiger partial charge in [-0.1, -0.05) is 6.07 Å². The highest BCUT2D eigenvalue weighted by atomic mass is 32.2. The fourth-order valence-electron chi connectivity index (χ4n) is 1.97. The minimum atomic E-state index is -0.690. The highest BCUT2D eigenvalue weighted by Crippen LogP contribution is 2.30. The molecule has 6 nitrogen and oxygen atoms in total. The molecule has 102 valence electrons. The first kappa shape index (κ1) is 13.7. The first-order valence-electron chi connectivity index (χ1n) is 5.94. The quantitative estimate of drug-likeness (QED) is 0.661. The number of phenols is 1. The van der Waals surface area contributed by atoms with Crippen LogP contribution in [-0.4, -0.2) is 45.4 Å². The lowest BCUT2D eigenvalue weighted by Gasteiger charge is -2.20. The topological polar surface area (TPSA) is 83.7 Å². The predicted octanol–water partition coefficient (Wildman–Crippen LogP) is 1.88. The molecule has 1 aromatic carbocycles. The number of nitro benzene ring substituents is 1. The van der Waals surface area contributed by atoms with E-state index in [4.69, 9.17) is 0 Å². The molecule has 2 rings (SSSR count). The Labute approximate surface area is 114 Å². The Morgan fingerprint density at radius 2 is 2.16 bits per heavy atom. The summed E-state index contributed by atoms with van der Waals surface area (Å²) < 4.78 is 0. The van der Waals surface area contributed by atoms with Crippen molar-refractivity contribution in [1.82, 2.24) is 4.90 Å². The van der Waals surface area contributed by atoms with E-state index in [1.807, 2.05) is 0 Å². The van der Waals surface area contributed by atoms with Crippen LogP contribution >= 0.6 is 11.8 Å². The van der Waals surface area contributed by atoms with Crippen molar-refractivity contribution in [3.8, 4) is 5.75 Å². The van der Waals surface area contributed by atoms with Gasteiger partial charge in [-0.3, -0.25) is 14.9 Å². The third-order valence-electron chi connectivity index (χ3n) is 2.95. The van der Waals surface area contributed by atoms with Crippen LogP contribution in [0, 0.1) is 10.1 Å². The molecular weight excluding hydrogens is 268 g/mol. The number of nitro groups is 1. The first-order chi connectivity index (χ1) is 9.11. The van der Waals surface area contributed by atoms with E-state index < -0.39 is 16.4 Å². The largest absolute Gasteiger partial charge is 0.502 e. The number of hydrogen-bond acceptors (Lipinski definition) is 5. The zero-order valence-corrected chi connectivity index (χ0v) is 11.1. The molecule has 1 N–H and O–H groups in total. The van der Waals surface area contributed by atoms with Gasteiger partial charge in [0.1, 0.15) is 0 Å². The Balaban J connectivity index is 2.28. The summed E-state index contributed by atoms with van der Waals surface area (Å²) >= 11 is 1.78. The van der Waals surface area contributed by atoms with Gasteiger partial charge in [-0.25, -0.2) is 0 Å². The molecule has 0 aromatic heterocycles. The molecule has 0 bridgehead atoms. The minimum absolute atomic E-state index is 0.00102. The van der Waals surface area contributed by atoms with Crippen molar-refractivity contribution >= 4 is 23.4 Å². The summed E-state index contributed by atoms with van der Waals surface area (Å²) in [5.74, 6) is 0.963. The Hall–Kier alpha value is -1.76. The van der Waals surface area contributed by atoms with Gasteiger partial charge in [0, 0.05) is 24.9 Å². The lowest BCUT2D eigenvalue weighted by molar-refractivity contribution is -0.385. The summed E-state index contributed by atoms with van der Waals surface area (Å²) in [6.07, 6.45) is 0.895. The number of hydrogen-bond donors (Lipinski definition) is 1. The molecule has 1 amide bonds. The molecule has 0 saturated carbocycles. The van der Waals surface area contributed by atoms with Gasteiger partial charge in [0.2, 0.25) is 5.75 Å². The van der Waals surface area contributed by atoms with E-state index in [0.717, 1.165) is 17.9 Å². The van der Waals surface area contributed by atoms with Crippen LogP contribution in [0.25, 0.3) is 0 Å². The van der Waals surface area contributed by atoms with Crippen LogP contribution in [0.5, 0.6) is 5.75 Å². The highest BCUT2D eigenvalue weighted by molar-refractivity contribution is 7.99. The van der Waals surface area contributed by atoms with Crippen LogP contribution in [0.1, 0.15) is 16.8 Å². The van der Waals surface area contributed by atoms with Crippen LogP contribution in [0.3, 0.4) is 0 Å². The summed E-state index contributed by atoms with van der Waals surface area (Å²) in [6.45, 7) is 1.22. The molecule has 19 heavy (non-hydrogen) atoms. The number of benzene rings is 1.